The topological polar surface area (TPSA) is 63.6 Å². The third kappa shape index (κ3) is 3.14. The molecule has 0 spiro atoms. The molecule has 0 aromatic heterocycles. The van der Waals surface area contributed by atoms with E-state index in [1.54, 1.807) is 0 Å². The molecule has 5 heteroatoms. The van der Waals surface area contributed by atoms with Gasteiger partial charge in [0.05, 0.1) is 0 Å². The number of fused-ring (bicyclic) bond motifs is 5. The van der Waals surface area contributed by atoms with Crippen molar-refractivity contribution in [3.05, 3.63) is 11.6 Å². The van der Waals surface area contributed by atoms with Crippen molar-refractivity contribution in [3.63, 3.8) is 0 Å². The van der Waals surface area contributed by atoms with Crippen molar-refractivity contribution in [2.24, 2.45) is 28.6 Å². The maximum atomic E-state index is 13.4. The summed E-state index contributed by atoms with van der Waals surface area (Å²) >= 11 is 0. The molecule has 0 amide bonds. The van der Waals surface area contributed by atoms with E-state index in [9.17, 15) is 14.7 Å². The highest BCUT2D eigenvalue weighted by atomic mass is 28.4. The van der Waals surface area contributed by atoms with Crippen molar-refractivity contribution < 1.29 is 19.1 Å². The predicted octanol–water partition coefficient (Wildman–Crippen LogP) is 5.06. The Morgan fingerprint density at radius 3 is 2.33 bits per heavy atom. The average molecular weight is 433 g/mol. The summed E-state index contributed by atoms with van der Waals surface area (Å²) in [5.41, 5.74) is 0.766. The van der Waals surface area contributed by atoms with Crippen LogP contribution in [0, 0.1) is 28.6 Å². The van der Waals surface area contributed by atoms with Crippen LogP contribution in [0.25, 0.3) is 0 Å². The molecule has 4 nitrogen and oxygen atoms in total. The van der Waals surface area contributed by atoms with Crippen LogP contribution in [0.3, 0.4) is 0 Å². The van der Waals surface area contributed by atoms with Crippen LogP contribution in [0.1, 0.15) is 73.1 Å². The molecule has 1 N–H and O–H groups in total. The Labute approximate surface area is 183 Å². The predicted molar refractivity (Wildman–Crippen MR) is 121 cm³/mol. The first-order valence-corrected chi connectivity index (χ1v) is 14.8. The molecular formula is C25H40O4Si. The Hall–Kier alpha value is -0.783. The standard InChI is InChI=1S/C25H40O4Si/c1-23(2,3)30(6,7)29-16-8-10-24(4)15(12-16)13-19(26)21-17(24)9-11-25(5)18(21)14-20(27)22(25)28/h13,16-18,20-21,27H,8-12,14H2,1-7H3/t16-,17?,18?,20+,21?,24-,25-/m0/s1. The van der Waals surface area contributed by atoms with Gasteiger partial charge in [-0.15, -0.1) is 0 Å². The van der Waals surface area contributed by atoms with Gasteiger partial charge in [0.2, 0.25) is 0 Å². The molecule has 0 aromatic carbocycles. The second-order valence-corrected chi connectivity index (χ2v) is 17.3. The van der Waals surface area contributed by atoms with Crippen molar-refractivity contribution in [3.8, 4) is 0 Å². The zero-order valence-corrected chi connectivity index (χ0v) is 20.9. The van der Waals surface area contributed by atoms with Gasteiger partial charge in [-0.1, -0.05) is 40.2 Å². The lowest BCUT2D eigenvalue weighted by molar-refractivity contribution is -0.141. The molecule has 0 bridgehead atoms. The van der Waals surface area contributed by atoms with Gasteiger partial charge in [0.15, 0.2) is 19.9 Å². The molecule has 3 unspecified atom stereocenters. The first-order valence-electron chi connectivity index (χ1n) is 11.9. The smallest absolute Gasteiger partial charge is 0.192 e. The largest absolute Gasteiger partial charge is 0.414 e. The number of hydrogen-bond acceptors (Lipinski definition) is 4. The maximum absolute atomic E-state index is 13.4. The van der Waals surface area contributed by atoms with Crippen molar-refractivity contribution in [2.75, 3.05) is 0 Å². The van der Waals surface area contributed by atoms with Crippen LogP contribution < -0.4 is 0 Å². The molecule has 3 fully saturated rings. The Morgan fingerprint density at radius 1 is 1.07 bits per heavy atom. The maximum Gasteiger partial charge on any atom is 0.192 e. The summed E-state index contributed by atoms with van der Waals surface area (Å²) < 4.78 is 6.73. The number of Topliss-reactive ketones (excluding diaryl/α,β-unsaturated/α-hetero) is 1. The van der Waals surface area contributed by atoms with Crippen LogP contribution in [0.5, 0.6) is 0 Å². The Bertz CT molecular complexity index is 793. The van der Waals surface area contributed by atoms with E-state index in [2.05, 4.69) is 40.8 Å². The summed E-state index contributed by atoms with van der Waals surface area (Å²) in [7, 11) is -1.85. The van der Waals surface area contributed by atoms with Gasteiger partial charge in [0.25, 0.3) is 0 Å². The van der Waals surface area contributed by atoms with Gasteiger partial charge in [0, 0.05) is 17.4 Å². The van der Waals surface area contributed by atoms with Crippen molar-refractivity contribution in [2.45, 2.75) is 103 Å². The number of aliphatic hydroxyl groups is 1. The summed E-state index contributed by atoms with van der Waals surface area (Å²) in [5.74, 6) is 0.317. The molecule has 30 heavy (non-hydrogen) atoms. The zero-order chi connectivity index (χ0) is 22.3. The van der Waals surface area contributed by atoms with Crippen LogP contribution in [-0.4, -0.2) is 37.2 Å². The average Bonchev–Trinajstić information content (AvgIpc) is 2.85. The van der Waals surface area contributed by atoms with E-state index in [1.807, 2.05) is 13.0 Å². The zero-order valence-electron chi connectivity index (χ0n) is 19.9. The highest BCUT2D eigenvalue weighted by Gasteiger charge is 2.63. The van der Waals surface area contributed by atoms with E-state index < -0.39 is 19.8 Å². The number of carbonyl (C=O) groups excluding carboxylic acids is 2. The summed E-state index contributed by atoms with van der Waals surface area (Å²) in [5, 5.41) is 10.5. The SMILES string of the molecule is CC(C)(C)[Si](C)(C)O[C@H]1CC[C@@]2(C)C(=CC(=O)C3C2CC[C@]2(C)C(=O)[C@H](O)CC32)C1. The number of rotatable bonds is 2. The second-order valence-electron chi connectivity index (χ2n) is 12.5. The molecule has 7 atom stereocenters. The Balaban J connectivity index is 1.60. The van der Waals surface area contributed by atoms with Gasteiger partial charge in [-0.05, 0) is 80.0 Å². The third-order valence-corrected chi connectivity index (χ3v) is 14.4. The first kappa shape index (κ1) is 22.4. The van der Waals surface area contributed by atoms with Crippen LogP contribution in [0.2, 0.25) is 18.1 Å². The summed E-state index contributed by atoms with van der Waals surface area (Å²) in [6, 6.07) is 0. The third-order valence-electron chi connectivity index (χ3n) is 9.90. The van der Waals surface area contributed by atoms with E-state index >= 15 is 0 Å². The van der Waals surface area contributed by atoms with Gasteiger partial charge in [0.1, 0.15) is 6.10 Å². The Morgan fingerprint density at radius 2 is 1.70 bits per heavy atom. The molecule has 0 aliphatic heterocycles. The van der Waals surface area contributed by atoms with E-state index in [1.165, 1.54) is 5.57 Å². The molecule has 4 rings (SSSR count). The van der Waals surface area contributed by atoms with Gasteiger partial charge < -0.3 is 9.53 Å². The highest BCUT2D eigenvalue weighted by Crippen LogP contribution is 2.63. The highest BCUT2D eigenvalue weighted by molar-refractivity contribution is 6.74. The fraction of sp³-hybridized carbons (Fsp3) is 0.840. The van der Waals surface area contributed by atoms with E-state index in [-0.39, 0.29) is 45.9 Å². The minimum atomic E-state index is -1.85. The number of carbonyl (C=O) groups is 2. The lowest BCUT2D eigenvalue weighted by Gasteiger charge is -2.56. The minimum Gasteiger partial charge on any atom is -0.414 e. The van der Waals surface area contributed by atoms with Crippen molar-refractivity contribution in [1.82, 2.24) is 0 Å². The van der Waals surface area contributed by atoms with Gasteiger partial charge in [-0.25, -0.2) is 0 Å². The molecule has 0 aromatic rings. The Kier molecular flexibility index (Phi) is 5.12. The van der Waals surface area contributed by atoms with Crippen LogP contribution in [0.4, 0.5) is 0 Å². The number of ketones is 2. The van der Waals surface area contributed by atoms with Gasteiger partial charge >= 0.3 is 0 Å². The normalized spacial score (nSPS) is 44.3. The van der Waals surface area contributed by atoms with E-state index in [0.717, 1.165) is 32.1 Å². The second kappa shape index (κ2) is 6.86. The minimum absolute atomic E-state index is 0.0120. The van der Waals surface area contributed by atoms with Gasteiger partial charge in [-0.3, -0.25) is 9.59 Å². The molecule has 168 valence electrons. The molecule has 4 aliphatic rings. The molecule has 0 heterocycles. The van der Waals surface area contributed by atoms with Gasteiger partial charge in [-0.2, -0.15) is 0 Å². The van der Waals surface area contributed by atoms with E-state index in [4.69, 9.17) is 4.43 Å². The number of aliphatic hydroxyl groups excluding tert-OH is 1. The lowest BCUT2D eigenvalue weighted by atomic mass is 9.48. The molecule has 0 radical (unpaired) electrons. The molecular weight excluding hydrogens is 392 g/mol. The van der Waals surface area contributed by atoms with Crippen molar-refractivity contribution >= 4 is 19.9 Å². The summed E-state index contributed by atoms with van der Waals surface area (Å²) in [6.07, 6.45) is 6.35. The number of allylic oxidation sites excluding steroid dienone is 1. The fourth-order valence-electron chi connectivity index (χ4n) is 6.86. The fourth-order valence-corrected chi connectivity index (χ4v) is 8.25. The van der Waals surface area contributed by atoms with Crippen LogP contribution >= 0.6 is 0 Å². The van der Waals surface area contributed by atoms with Crippen LogP contribution in [0.15, 0.2) is 11.6 Å². The number of hydrogen-bond donors (Lipinski definition) is 1. The van der Waals surface area contributed by atoms with Crippen molar-refractivity contribution in [1.29, 1.82) is 0 Å². The summed E-state index contributed by atoms with van der Waals surface area (Å²) in [6.45, 7) is 15.8. The first-order chi connectivity index (χ1) is 13.7. The lowest BCUT2D eigenvalue weighted by Crippen LogP contribution is -2.54. The monoisotopic (exact) mass is 432 g/mol. The molecule has 3 saturated carbocycles. The quantitative estimate of drug-likeness (QED) is 0.620. The van der Waals surface area contributed by atoms with Crippen LogP contribution in [-0.2, 0) is 14.0 Å². The summed E-state index contributed by atoms with van der Waals surface area (Å²) in [4.78, 5) is 26.0. The molecule has 0 saturated heterocycles. The molecule has 4 aliphatic carbocycles. The van der Waals surface area contributed by atoms with E-state index in [0.29, 0.717) is 6.42 Å².